The van der Waals surface area contributed by atoms with Crippen LogP contribution in [0, 0.1) is 13.8 Å². The number of allylic oxidation sites excluding steroid dienone is 1. The van der Waals surface area contributed by atoms with E-state index in [1.807, 2.05) is 49.4 Å². The van der Waals surface area contributed by atoms with E-state index in [9.17, 15) is 0 Å². The molecule has 4 rings (SSSR count). The Kier molecular flexibility index (Phi) is 8.09. The Labute approximate surface area is 208 Å². The van der Waals surface area contributed by atoms with Crippen LogP contribution in [-0.2, 0) is 13.2 Å². The molecule has 1 aromatic heterocycles. The average molecular weight is 471 g/mol. The van der Waals surface area contributed by atoms with Crippen LogP contribution in [0.1, 0.15) is 42.3 Å². The number of para-hydroxylation sites is 3. The summed E-state index contributed by atoms with van der Waals surface area (Å²) < 4.78 is 20.1. The van der Waals surface area contributed by atoms with E-state index in [1.54, 1.807) is 7.11 Å². The van der Waals surface area contributed by atoms with Crippen LogP contribution >= 0.6 is 0 Å². The second-order valence-corrected chi connectivity index (χ2v) is 8.64. The maximum atomic E-state index is 6.17. The molecular formula is C30H34N2O3. The quantitative estimate of drug-likeness (QED) is 0.219. The molecule has 4 aromatic rings. The van der Waals surface area contributed by atoms with Crippen molar-refractivity contribution in [1.82, 2.24) is 9.55 Å². The third-order valence-corrected chi connectivity index (χ3v) is 6.07. The maximum Gasteiger partial charge on any atom is 0.161 e. The number of aryl methyl sites for hydroxylation is 3. The number of rotatable bonds is 11. The summed E-state index contributed by atoms with van der Waals surface area (Å²) in [5, 5.41) is 0. The molecule has 0 aliphatic carbocycles. The maximum absolute atomic E-state index is 6.17. The zero-order valence-electron chi connectivity index (χ0n) is 21.1. The number of hydrogen-bond donors (Lipinski definition) is 0. The van der Waals surface area contributed by atoms with Gasteiger partial charge in [0.05, 0.1) is 24.8 Å². The zero-order valence-corrected chi connectivity index (χ0v) is 21.1. The van der Waals surface area contributed by atoms with Gasteiger partial charge in [-0.3, -0.25) is 0 Å². The second-order valence-electron chi connectivity index (χ2n) is 8.64. The lowest BCUT2D eigenvalue weighted by atomic mass is 10.1. The largest absolute Gasteiger partial charge is 0.493 e. The number of fused-ring (bicyclic) bond motifs is 1. The number of nitrogens with zero attached hydrogens (tertiary/aromatic N) is 2. The van der Waals surface area contributed by atoms with Gasteiger partial charge in [0.2, 0.25) is 0 Å². The van der Waals surface area contributed by atoms with E-state index < -0.39 is 0 Å². The number of unbranched alkanes of at least 4 members (excludes halogenated alkanes) is 1. The minimum atomic E-state index is 0.368. The molecule has 0 unspecified atom stereocenters. The van der Waals surface area contributed by atoms with E-state index in [0.29, 0.717) is 24.7 Å². The van der Waals surface area contributed by atoms with Crippen molar-refractivity contribution in [1.29, 1.82) is 0 Å². The lowest BCUT2D eigenvalue weighted by Crippen LogP contribution is -2.09. The van der Waals surface area contributed by atoms with Gasteiger partial charge in [0, 0.05) is 6.54 Å². The summed E-state index contributed by atoms with van der Waals surface area (Å²) in [6, 6.07) is 20.4. The summed E-state index contributed by atoms with van der Waals surface area (Å²) in [5.74, 6) is 3.33. The smallest absolute Gasteiger partial charge is 0.161 e. The highest BCUT2D eigenvalue weighted by molar-refractivity contribution is 5.75. The number of methoxy groups -OCH3 is 1. The normalized spacial score (nSPS) is 11.3. The molecule has 1 heterocycles. The van der Waals surface area contributed by atoms with Gasteiger partial charge >= 0.3 is 0 Å². The predicted molar refractivity (Wildman–Crippen MR) is 142 cm³/mol. The van der Waals surface area contributed by atoms with Crippen molar-refractivity contribution in [2.24, 2.45) is 0 Å². The number of imidazole rings is 1. The highest BCUT2D eigenvalue weighted by atomic mass is 16.5. The molecule has 0 aliphatic heterocycles. The lowest BCUT2D eigenvalue weighted by molar-refractivity contribution is 0.269. The van der Waals surface area contributed by atoms with Gasteiger partial charge in [-0.05, 0) is 74.6 Å². The van der Waals surface area contributed by atoms with Crippen LogP contribution in [-0.4, -0.2) is 23.3 Å². The summed E-state index contributed by atoms with van der Waals surface area (Å²) in [6.07, 6.45) is 5.99. The second kappa shape index (κ2) is 11.6. The van der Waals surface area contributed by atoms with E-state index >= 15 is 0 Å². The van der Waals surface area contributed by atoms with Gasteiger partial charge in [-0.2, -0.15) is 0 Å². The van der Waals surface area contributed by atoms with Gasteiger partial charge in [-0.1, -0.05) is 48.6 Å². The van der Waals surface area contributed by atoms with Gasteiger partial charge in [0.1, 0.15) is 18.2 Å². The van der Waals surface area contributed by atoms with Crippen molar-refractivity contribution in [2.45, 2.75) is 46.8 Å². The zero-order chi connectivity index (χ0) is 24.6. The fourth-order valence-electron chi connectivity index (χ4n) is 4.30. The van der Waals surface area contributed by atoms with Crippen molar-refractivity contribution >= 4 is 17.1 Å². The molecule has 0 bridgehead atoms. The molecule has 0 atom stereocenters. The van der Waals surface area contributed by atoms with Crippen LogP contribution in [0.15, 0.2) is 66.7 Å². The number of hydrogen-bond acceptors (Lipinski definition) is 4. The molecule has 35 heavy (non-hydrogen) atoms. The molecule has 0 N–H and O–H groups in total. The van der Waals surface area contributed by atoms with Gasteiger partial charge < -0.3 is 18.8 Å². The number of aromatic nitrogens is 2. The highest BCUT2D eigenvalue weighted by Crippen LogP contribution is 2.30. The van der Waals surface area contributed by atoms with Gasteiger partial charge in [0.25, 0.3) is 0 Å². The Morgan fingerprint density at radius 2 is 1.69 bits per heavy atom. The molecule has 5 heteroatoms. The van der Waals surface area contributed by atoms with Crippen LogP contribution in [0.5, 0.6) is 17.2 Å². The Hall–Kier alpha value is -3.73. The van der Waals surface area contributed by atoms with Gasteiger partial charge in [-0.15, -0.1) is 0 Å². The third-order valence-electron chi connectivity index (χ3n) is 6.07. The van der Waals surface area contributed by atoms with Crippen LogP contribution in [0.25, 0.3) is 17.1 Å². The summed E-state index contributed by atoms with van der Waals surface area (Å²) in [5.41, 5.74) is 5.54. The Morgan fingerprint density at radius 3 is 2.46 bits per heavy atom. The molecule has 0 fully saturated rings. The van der Waals surface area contributed by atoms with Crippen molar-refractivity contribution in [3.63, 3.8) is 0 Å². The standard InChI is InChI=1S/C30H34N2O3/c1-5-11-24-16-17-27(28(20-24)33-4)35-21-29-31-25-14-6-7-15-26(25)32(29)18-8-9-19-34-30-22(2)12-10-13-23(30)3/h5-7,10-17,20H,8-9,18-19,21H2,1-4H3/b11-5-. The van der Waals surface area contributed by atoms with Crippen LogP contribution < -0.4 is 14.2 Å². The molecule has 0 saturated carbocycles. The monoisotopic (exact) mass is 470 g/mol. The van der Waals surface area contributed by atoms with Crippen molar-refractivity contribution in [3.05, 3.63) is 89.3 Å². The summed E-state index contributed by atoms with van der Waals surface area (Å²) in [7, 11) is 1.66. The summed E-state index contributed by atoms with van der Waals surface area (Å²) >= 11 is 0. The minimum Gasteiger partial charge on any atom is -0.493 e. The first kappa shape index (κ1) is 24.4. The van der Waals surface area contributed by atoms with E-state index in [4.69, 9.17) is 19.2 Å². The van der Waals surface area contributed by atoms with E-state index in [2.05, 4.69) is 48.7 Å². The molecule has 182 valence electrons. The first-order valence-corrected chi connectivity index (χ1v) is 12.2. The SMILES string of the molecule is C/C=C\c1ccc(OCc2nc3ccccc3n2CCCCOc2c(C)cccc2C)c(OC)c1. The number of benzene rings is 3. The van der Waals surface area contributed by atoms with Crippen LogP contribution in [0.4, 0.5) is 0 Å². The van der Waals surface area contributed by atoms with Gasteiger partial charge in [0.15, 0.2) is 11.5 Å². The molecule has 0 saturated heterocycles. The summed E-state index contributed by atoms with van der Waals surface area (Å²) in [6.45, 7) is 8.10. The van der Waals surface area contributed by atoms with E-state index in [1.165, 1.54) is 11.1 Å². The lowest BCUT2D eigenvalue weighted by Gasteiger charge is -2.14. The van der Waals surface area contributed by atoms with Crippen molar-refractivity contribution in [2.75, 3.05) is 13.7 Å². The molecule has 3 aromatic carbocycles. The first-order valence-electron chi connectivity index (χ1n) is 12.2. The van der Waals surface area contributed by atoms with Crippen LogP contribution in [0.2, 0.25) is 0 Å². The van der Waals surface area contributed by atoms with Crippen molar-refractivity contribution < 1.29 is 14.2 Å². The fourth-order valence-corrected chi connectivity index (χ4v) is 4.30. The van der Waals surface area contributed by atoms with Gasteiger partial charge in [-0.25, -0.2) is 4.98 Å². The third kappa shape index (κ3) is 5.86. The van der Waals surface area contributed by atoms with Crippen molar-refractivity contribution in [3.8, 4) is 17.2 Å². The Bertz CT molecular complexity index is 1290. The average Bonchev–Trinajstić information content (AvgIpc) is 3.22. The predicted octanol–water partition coefficient (Wildman–Crippen LogP) is 7.13. The molecule has 0 amide bonds. The number of ether oxygens (including phenoxy) is 3. The molecular weight excluding hydrogens is 436 g/mol. The molecule has 0 aliphatic rings. The minimum absolute atomic E-state index is 0.368. The Morgan fingerprint density at radius 1 is 0.886 bits per heavy atom. The fraction of sp³-hybridized carbons (Fsp3) is 0.300. The highest BCUT2D eigenvalue weighted by Gasteiger charge is 2.13. The van der Waals surface area contributed by atoms with Crippen LogP contribution in [0.3, 0.4) is 0 Å². The summed E-state index contributed by atoms with van der Waals surface area (Å²) in [4.78, 5) is 4.85. The molecule has 0 spiro atoms. The van der Waals surface area contributed by atoms with E-state index in [-0.39, 0.29) is 0 Å². The van der Waals surface area contributed by atoms with E-state index in [0.717, 1.165) is 47.6 Å². The Balaban J connectivity index is 1.43. The molecule has 5 nitrogen and oxygen atoms in total. The first-order chi connectivity index (χ1) is 17.1. The molecule has 0 radical (unpaired) electrons. The topological polar surface area (TPSA) is 45.5 Å².